The Morgan fingerprint density at radius 2 is 1.78 bits per heavy atom. The number of carbonyl (C=O) groups excluding carboxylic acids is 1. The number of benzene rings is 2. The highest BCUT2D eigenvalue weighted by Crippen LogP contribution is 2.33. The Balaban J connectivity index is 1.65. The fourth-order valence-corrected chi connectivity index (χ4v) is 4.83. The number of anilines is 1. The number of Topliss-reactive ketones (excluding diaryl/α,β-unsaturated/α-hetero) is 1. The first kappa shape index (κ1) is 22.1. The van der Waals surface area contributed by atoms with Crippen LogP contribution in [0.1, 0.15) is 65.6 Å². The molecular weight excluding hydrogens is 396 g/mol. The number of carbonyl (C=O) groups is 1. The van der Waals surface area contributed by atoms with Gasteiger partial charge in [-0.1, -0.05) is 36.4 Å². The van der Waals surface area contributed by atoms with Gasteiger partial charge in [0.2, 0.25) is 5.56 Å². The lowest BCUT2D eigenvalue weighted by atomic mass is 9.84. The van der Waals surface area contributed by atoms with Gasteiger partial charge < -0.3 is 9.47 Å². The summed E-state index contributed by atoms with van der Waals surface area (Å²) in [5.41, 5.74) is 5.22. The summed E-state index contributed by atoms with van der Waals surface area (Å²) in [7, 11) is 1.68. The second-order valence-corrected chi connectivity index (χ2v) is 9.03. The normalized spacial score (nSPS) is 17.2. The Morgan fingerprint density at radius 3 is 2.47 bits per heavy atom. The van der Waals surface area contributed by atoms with Crippen LogP contribution in [0.4, 0.5) is 5.69 Å². The van der Waals surface area contributed by atoms with Crippen LogP contribution in [0.15, 0.2) is 71.7 Å². The molecule has 2 aromatic carbocycles. The number of aryl methyl sites for hydroxylation is 2. The van der Waals surface area contributed by atoms with Gasteiger partial charge in [0, 0.05) is 55.5 Å². The Kier molecular flexibility index (Phi) is 6.59. The number of pyridine rings is 1. The van der Waals surface area contributed by atoms with Crippen molar-refractivity contribution in [1.29, 1.82) is 0 Å². The SMILES string of the molecule is Cc1ccccc1C(CC(=O)c1ccc(=O)n(C)c1)c1ccc(N2CCCC[C@H]2C)cc1. The van der Waals surface area contributed by atoms with Gasteiger partial charge >= 0.3 is 0 Å². The molecule has 4 rings (SSSR count). The van der Waals surface area contributed by atoms with Crippen LogP contribution in [0.2, 0.25) is 0 Å². The summed E-state index contributed by atoms with van der Waals surface area (Å²) in [4.78, 5) is 27.4. The summed E-state index contributed by atoms with van der Waals surface area (Å²) >= 11 is 0. The molecular formula is C28H32N2O2. The molecule has 0 radical (unpaired) electrons. The fourth-order valence-electron chi connectivity index (χ4n) is 4.83. The highest BCUT2D eigenvalue weighted by molar-refractivity contribution is 5.96. The monoisotopic (exact) mass is 428 g/mol. The summed E-state index contributed by atoms with van der Waals surface area (Å²) in [5, 5.41) is 0. The van der Waals surface area contributed by atoms with E-state index in [2.05, 4.69) is 55.1 Å². The van der Waals surface area contributed by atoms with Gasteiger partial charge in [0.15, 0.2) is 5.78 Å². The van der Waals surface area contributed by atoms with Gasteiger partial charge in [-0.2, -0.15) is 0 Å². The van der Waals surface area contributed by atoms with Gasteiger partial charge in [0.1, 0.15) is 0 Å². The zero-order chi connectivity index (χ0) is 22.7. The Labute approximate surface area is 190 Å². The molecule has 1 aliphatic rings. The Morgan fingerprint density at radius 1 is 1.03 bits per heavy atom. The van der Waals surface area contributed by atoms with E-state index in [1.807, 2.05) is 12.1 Å². The molecule has 4 nitrogen and oxygen atoms in total. The van der Waals surface area contributed by atoms with Gasteiger partial charge in [-0.05, 0) is 68.0 Å². The highest BCUT2D eigenvalue weighted by Gasteiger charge is 2.23. The minimum Gasteiger partial charge on any atom is -0.369 e. The van der Waals surface area contributed by atoms with Crippen molar-refractivity contribution in [2.45, 2.75) is 51.5 Å². The molecule has 0 saturated carbocycles. The molecule has 3 aromatic rings. The molecule has 1 saturated heterocycles. The molecule has 0 amide bonds. The third-order valence-electron chi connectivity index (χ3n) is 6.79. The molecule has 1 aliphatic heterocycles. The number of rotatable bonds is 6. The lowest BCUT2D eigenvalue weighted by Crippen LogP contribution is -2.37. The summed E-state index contributed by atoms with van der Waals surface area (Å²) in [5.74, 6) is 0.0105. The minimum absolute atomic E-state index is 0.0336. The molecule has 1 fully saturated rings. The zero-order valence-corrected chi connectivity index (χ0v) is 19.3. The van der Waals surface area contributed by atoms with E-state index >= 15 is 0 Å². The molecule has 0 bridgehead atoms. The fraction of sp³-hybridized carbons (Fsp3) is 0.357. The molecule has 4 heteroatoms. The quantitative estimate of drug-likeness (QED) is 0.489. The number of hydrogen-bond donors (Lipinski definition) is 0. The van der Waals surface area contributed by atoms with Crippen LogP contribution in [0.5, 0.6) is 0 Å². The summed E-state index contributed by atoms with van der Waals surface area (Å²) < 4.78 is 1.46. The second kappa shape index (κ2) is 9.56. The average molecular weight is 429 g/mol. The molecule has 32 heavy (non-hydrogen) atoms. The molecule has 2 atom stereocenters. The number of piperidine rings is 1. The third-order valence-corrected chi connectivity index (χ3v) is 6.79. The van der Waals surface area contributed by atoms with Gasteiger partial charge in [-0.3, -0.25) is 9.59 Å². The first-order chi connectivity index (χ1) is 15.4. The van der Waals surface area contributed by atoms with Crippen molar-refractivity contribution in [3.05, 3.63) is 99.5 Å². The molecule has 2 heterocycles. The van der Waals surface area contributed by atoms with E-state index < -0.39 is 0 Å². The second-order valence-electron chi connectivity index (χ2n) is 9.03. The summed E-state index contributed by atoms with van der Waals surface area (Å²) in [6.45, 7) is 5.50. The number of aromatic nitrogens is 1. The molecule has 0 N–H and O–H groups in total. The lowest BCUT2D eigenvalue weighted by Gasteiger charge is -2.35. The van der Waals surface area contributed by atoms with E-state index in [1.165, 1.54) is 46.7 Å². The highest BCUT2D eigenvalue weighted by atomic mass is 16.1. The first-order valence-electron chi connectivity index (χ1n) is 11.6. The number of nitrogens with zero attached hydrogens (tertiary/aromatic N) is 2. The molecule has 0 aliphatic carbocycles. The smallest absolute Gasteiger partial charge is 0.250 e. The van der Waals surface area contributed by atoms with E-state index in [0.717, 1.165) is 12.1 Å². The zero-order valence-electron chi connectivity index (χ0n) is 19.3. The van der Waals surface area contributed by atoms with Gasteiger partial charge in [0.05, 0.1) is 0 Å². The average Bonchev–Trinajstić information content (AvgIpc) is 2.80. The molecule has 1 aromatic heterocycles. The molecule has 1 unspecified atom stereocenters. The molecule has 166 valence electrons. The van der Waals surface area contributed by atoms with Crippen LogP contribution in [0, 0.1) is 6.92 Å². The predicted molar refractivity (Wildman–Crippen MR) is 131 cm³/mol. The maximum atomic E-state index is 13.2. The van der Waals surface area contributed by atoms with Crippen LogP contribution in [-0.4, -0.2) is 22.9 Å². The van der Waals surface area contributed by atoms with Crippen LogP contribution < -0.4 is 10.5 Å². The van der Waals surface area contributed by atoms with Crippen molar-refractivity contribution in [2.75, 3.05) is 11.4 Å². The molecule has 0 spiro atoms. The van der Waals surface area contributed by atoms with Crippen molar-refractivity contribution in [3.63, 3.8) is 0 Å². The third kappa shape index (κ3) is 4.69. The van der Waals surface area contributed by atoms with Crippen LogP contribution in [-0.2, 0) is 7.05 Å². The van der Waals surface area contributed by atoms with Crippen molar-refractivity contribution in [2.24, 2.45) is 7.05 Å². The number of ketones is 1. The number of hydrogen-bond acceptors (Lipinski definition) is 3. The van der Waals surface area contributed by atoms with Crippen molar-refractivity contribution < 1.29 is 4.79 Å². The topological polar surface area (TPSA) is 42.3 Å². The van der Waals surface area contributed by atoms with E-state index in [1.54, 1.807) is 19.3 Å². The van der Waals surface area contributed by atoms with E-state index in [0.29, 0.717) is 18.0 Å². The van der Waals surface area contributed by atoms with Crippen molar-refractivity contribution in [3.8, 4) is 0 Å². The largest absolute Gasteiger partial charge is 0.369 e. The Hall–Kier alpha value is -3.14. The van der Waals surface area contributed by atoms with E-state index in [4.69, 9.17) is 0 Å². The van der Waals surface area contributed by atoms with Gasteiger partial charge in [-0.25, -0.2) is 0 Å². The van der Waals surface area contributed by atoms with Crippen LogP contribution in [0.25, 0.3) is 0 Å². The van der Waals surface area contributed by atoms with Crippen molar-refractivity contribution in [1.82, 2.24) is 4.57 Å². The van der Waals surface area contributed by atoms with Gasteiger partial charge in [0.25, 0.3) is 0 Å². The maximum absolute atomic E-state index is 13.2. The summed E-state index contributed by atoms with van der Waals surface area (Å²) in [6.07, 6.45) is 5.79. The predicted octanol–water partition coefficient (Wildman–Crippen LogP) is 5.48. The van der Waals surface area contributed by atoms with Crippen LogP contribution in [0.3, 0.4) is 0 Å². The van der Waals surface area contributed by atoms with Crippen molar-refractivity contribution >= 4 is 11.5 Å². The van der Waals surface area contributed by atoms with E-state index in [-0.39, 0.29) is 17.3 Å². The standard InChI is InChI=1S/C28H32N2O2/c1-20-8-4-5-10-25(20)26(18-27(31)23-13-16-28(32)29(3)19-23)22-11-14-24(15-12-22)30-17-7-6-9-21(30)2/h4-5,8,10-16,19,21,26H,6-7,9,17-18H2,1-3H3/t21-,26?/m1/s1. The maximum Gasteiger partial charge on any atom is 0.250 e. The minimum atomic E-state index is -0.112. The first-order valence-corrected chi connectivity index (χ1v) is 11.6. The summed E-state index contributed by atoms with van der Waals surface area (Å²) in [6, 6.07) is 20.7. The van der Waals surface area contributed by atoms with Crippen LogP contribution >= 0.6 is 0 Å². The lowest BCUT2D eigenvalue weighted by molar-refractivity contribution is 0.0977. The van der Waals surface area contributed by atoms with E-state index in [9.17, 15) is 9.59 Å². The Bertz CT molecular complexity index is 1150. The van der Waals surface area contributed by atoms with Gasteiger partial charge in [-0.15, -0.1) is 0 Å².